The SMILES string of the molecule is CCC1CCCC(C)[C@@H]1N. The van der Waals surface area contributed by atoms with Crippen LogP contribution in [0.25, 0.3) is 0 Å². The molecule has 1 aliphatic rings. The minimum absolute atomic E-state index is 0.485. The van der Waals surface area contributed by atoms with Gasteiger partial charge in [0, 0.05) is 6.04 Å². The molecule has 1 heteroatoms. The van der Waals surface area contributed by atoms with Crippen molar-refractivity contribution in [1.29, 1.82) is 0 Å². The maximum Gasteiger partial charge on any atom is 0.00928 e. The summed E-state index contributed by atoms with van der Waals surface area (Å²) in [4.78, 5) is 0. The highest BCUT2D eigenvalue weighted by molar-refractivity contribution is 4.81. The number of nitrogens with two attached hydrogens (primary N) is 1. The van der Waals surface area contributed by atoms with Crippen molar-refractivity contribution in [2.75, 3.05) is 0 Å². The van der Waals surface area contributed by atoms with Crippen LogP contribution >= 0.6 is 0 Å². The molecule has 1 nitrogen and oxygen atoms in total. The zero-order chi connectivity index (χ0) is 7.56. The molecular weight excluding hydrogens is 122 g/mol. The second-order valence-corrected chi connectivity index (χ2v) is 3.65. The Bertz CT molecular complexity index is 101. The summed E-state index contributed by atoms with van der Waals surface area (Å²) in [5, 5.41) is 0. The molecule has 3 atom stereocenters. The lowest BCUT2D eigenvalue weighted by Crippen LogP contribution is -2.39. The topological polar surface area (TPSA) is 26.0 Å². The largest absolute Gasteiger partial charge is 0.327 e. The molecule has 0 amide bonds. The van der Waals surface area contributed by atoms with Gasteiger partial charge in [-0.2, -0.15) is 0 Å². The van der Waals surface area contributed by atoms with E-state index in [0.717, 1.165) is 11.8 Å². The Labute approximate surface area is 64.0 Å². The van der Waals surface area contributed by atoms with E-state index < -0.39 is 0 Å². The first-order valence-corrected chi connectivity index (χ1v) is 4.51. The van der Waals surface area contributed by atoms with Gasteiger partial charge >= 0.3 is 0 Å². The maximum absolute atomic E-state index is 6.03. The van der Waals surface area contributed by atoms with Crippen LogP contribution in [0.4, 0.5) is 0 Å². The fraction of sp³-hybridized carbons (Fsp3) is 1.00. The Kier molecular flexibility index (Phi) is 2.72. The monoisotopic (exact) mass is 141 g/mol. The summed E-state index contributed by atoms with van der Waals surface area (Å²) < 4.78 is 0. The second kappa shape index (κ2) is 3.38. The zero-order valence-corrected chi connectivity index (χ0v) is 7.14. The van der Waals surface area contributed by atoms with Gasteiger partial charge in [-0.3, -0.25) is 0 Å². The van der Waals surface area contributed by atoms with Gasteiger partial charge in [0.05, 0.1) is 0 Å². The highest BCUT2D eigenvalue weighted by Gasteiger charge is 2.25. The summed E-state index contributed by atoms with van der Waals surface area (Å²) in [6.45, 7) is 4.54. The van der Waals surface area contributed by atoms with Crippen LogP contribution in [0.5, 0.6) is 0 Å². The first kappa shape index (κ1) is 8.06. The minimum atomic E-state index is 0.485. The minimum Gasteiger partial charge on any atom is -0.327 e. The molecule has 0 heterocycles. The van der Waals surface area contributed by atoms with Crippen LogP contribution in [-0.2, 0) is 0 Å². The van der Waals surface area contributed by atoms with Gasteiger partial charge in [0.1, 0.15) is 0 Å². The van der Waals surface area contributed by atoms with Crippen molar-refractivity contribution >= 4 is 0 Å². The molecule has 0 aromatic heterocycles. The molecule has 0 spiro atoms. The van der Waals surface area contributed by atoms with E-state index in [-0.39, 0.29) is 0 Å². The average molecular weight is 141 g/mol. The van der Waals surface area contributed by atoms with Crippen LogP contribution in [-0.4, -0.2) is 6.04 Å². The first-order valence-electron chi connectivity index (χ1n) is 4.51. The van der Waals surface area contributed by atoms with Crippen LogP contribution in [0.2, 0.25) is 0 Å². The molecule has 0 aliphatic heterocycles. The number of rotatable bonds is 1. The number of hydrogen-bond donors (Lipinski definition) is 1. The van der Waals surface area contributed by atoms with Crippen molar-refractivity contribution < 1.29 is 0 Å². The molecule has 0 aromatic rings. The second-order valence-electron chi connectivity index (χ2n) is 3.65. The molecule has 10 heavy (non-hydrogen) atoms. The van der Waals surface area contributed by atoms with Gasteiger partial charge in [-0.15, -0.1) is 0 Å². The molecule has 1 fully saturated rings. The van der Waals surface area contributed by atoms with E-state index in [1.165, 1.54) is 25.7 Å². The van der Waals surface area contributed by atoms with Crippen molar-refractivity contribution in [1.82, 2.24) is 0 Å². The van der Waals surface area contributed by atoms with Gasteiger partial charge in [-0.1, -0.05) is 26.7 Å². The summed E-state index contributed by atoms with van der Waals surface area (Å²) in [5.74, 6) is 1.57. The van der Waals surface area contributed by atoms with Gasteiger partial charge in [0.25, 0.3) is 0 Å². The van der Waals surface area contributed by atoms with Crippen molar-refractivity contribution in [3.8, 4) is 0 Å². The Morgan fingerprint density at radius 1 is 1.40 bits per heavy atom. The van der Waals surface area contributed by atoms with Crippen molar-refractivity contribution in [2.24, 2.45) is 17.6 Å². The summed E-state index contributed by atoms with van der Waals surface area (Å²) >= 11 is 0. The predicted molar refractivity (Wildman–Crippen MR) is 44.8 cm³/mol. The van der Waals surface area contributed by atoms with Gasteiger partial charge in [0.2, 0.25) is 0 Å². The third kappa shape index (κ3) is 1.51. The lowest BCUT2D eigenvalue weighted by molar-refractivity contribution is 0.229. The Morgan fingerprint density at radius 3 is 2.60 bits per heavy atom. The highest BCUT2D eigenvalue weighted by atomic mass is 14.7. The van der Waals surface area contributed by atoms with E-state index in [0.29, 0.717) is 6.04 Å². The molecule has 0 radical (unpaired) electrons. The van der Waals surface area contributed by atoms with E-state index in [4.69, 9.17) is 5.73 Å². The van der Waals surface area contributed by atoms with Gasteiger partial charge in [-0.25, -0.2) is 0 Å². The van der Waals surface area contributed by atoms with Gasteiger partial charge < -0.3 is 5.73 Å². The van der Waals surface area contributed by atoms with Crippen molar-refractivity contribution in [2.45, 2.75) is 45.6 Å². The lowest BCUT2D eigenvalue weighted by atomic mass is 9.77. The summed E-state index contributed by atoms with van der Waals surface area (Å²) in [6.07, 6.45) is 5.37. The summed E-state index contributed by atoms with van der Waals surface area (Å²) in [6, 6.07) is 0.485. The smallest absolute Gasteiger partial charge is 0.00928 e. The van der Waals surface area contributed by atoms with E-state index in [2.05, 4.69) is 13.8 Å². The zero-order valence-electron chi connectivity index (χ0n) is 7.14. The third-order valence-corrected chi connectivity index (χ3v) is 2.96. The Balaban J connectivity index is 2.42. The molecule has 60 valence electrons. The lowest BCUT2D eigenvalue weighted by Gasteiger charge is -2.33. The van der Waals surface area contributed by atoms with Crippen LogP contribution < -0.4 is 5.73 Å². The first-order chi connectivity index (χ1) is 4.75. The standard InChI is InChI=1S/C9H19N/c1-3-8-6-4-5-7(2)9(8)10/h7-9H,3-6,10H2,1-2H3/t7?,8?,9-/m0/s1. The van der Waals surface area contributed by atoms with Crippen LogP contribution in [0, 0.1) is 11.8 Å². The van der Waals surface area contributed by atoms with E-state index in [1.807, 2.05) is 0 Å². The van der Waals surface area contributed by atoms with Crippen molar-refractivity contribution in [3.05, 3.63) is 0 Å². The predicted octanol–water partition coefficient (Wildman–Crippen LogP) is 2.16. The quantitative estimate of drug-likeness (QED) is 0.595. The normalized spacial score (nSPS) is 41.7. The highest BCUT2D eigenvalue weighted by Crippen LogP contribution is 2.29. The average Bonchev–Trinajstić information content (AvgIpc) is 1.95. The van der Waals surface area contributed by atoms with Crippen molar-refractivity contribution in [3.63, 3.8) is 0 Å². The molecule has 1 saturated carbocycles. The molecule has 0 bridgehead atoms. The summed E-state index contributed by atoms with van der Waals surface area (Å²) in [5.41, 5.74) is 6.03. The molecule has 1 aliphatic carbocycles. The van der Waals surface area contributed by atoms with Gasteiger partial charge in [0.15, 0.2) is 0 Å². The molecule has 1 rings (SSSR count). The molecule has 2 unspecified atom stereocenters. The number of hydrogen-bond acceptors (Lipinski definition) is 1. The van der Waals surface area contributed by atoms with Crippen LogP contribution in [0.15, 0.2) is 0 Å². The van der Waals surface area contributed by atoms with E-state index in [1.54, 1.807) is 0 Å². The van der Waals surface area contributed by atoms with Gasteiger partial charge in [-0.05, 0) is 24.7 Å². The van der Waals surface area contributed by atoms with E-state index in [9.17, 15) is 0 Å². The maximum atomic E-state index is 6.03. The van der Waals surface area contributed by atoms with E-state index >= 15 is 0 Å². The fourth-order valence-corrected chi connectivity index (χ4v) is 2.03. The van der Waals surface area contributed by atoms with Crippen LogP contribution in [0.3, 0.4) is 0 Å². The fourth-order valence-electron chi connectivity index (χ4n) is 2.03. The molecule has 0 saturated heterocycles. The third-order valence-electron chi connectivity index (χ3n) is 2.96. The molecule has 0 aromatic carbocycles. The molecular formula is C9H19N. The Hall–Kier alpha value is -0.0400. The summed E-state index contributed by atoms with van der Waals surface area (Å²) in [7, 11) is 0. The Morgan fingerprint density at radius 2 is 2.10 bits per heavy atom. The molecule has 2 N–H and O–H groups in total. The van der Waals surface area contributed by atoms with Crippen LogP contribution in [0.1, 0.15) is 39.5 Å².